The maximum absolute atomic E-state index is 12.3. The molecule has 0 radical (unpaired) electrons. The van der Waals surface area contributed by atoms with Crippen LogP contribution in [0, 0.1) is 6.92 Å². The van der Waals surface area contributed by atoms with Crippen molar-refractivity contribution in [3.05, 3.63) is 59.2 Å². The van der Waals surface area contributed by atoms with E-state index in [4.69, 9.17) is 14.2 Å². The maximum Gasteiger partial charge on any atom is 0.339 e. The van der Waals surface area contributed by atoms with Crippen molar-refractivity contribution < 1.29 is 19.0 Å². The fourth-order valence-corrected chi connectivity index (χ4v) is 3.48. The van der Waals surface area contributed by atoms with Gasteiger partial charge in [-0.15, -0.1) is 0 Å². The lowest BCUT2D eigenvalue weighted by atomic mass is 9.90. The number of hydrogen-bond acceptors (Lipinski definition) is 4. The highest BCUT2D eigenvalue weighted by atomic mass is 16.7. The van der Waals surface area contributed by atoms with Gasteiger partial charge in [0.15, 0.2) is 11.5 Å². The first kappa shape index (κ1) is 13.4. The van der Waals surface area contributed by atoms with E-state index < -0.39 is 0 Å². The summed E-state index contributed by atoms with van der Waals surface area (Å²) in [6, 6.07) is 14.1. The van der Waals surface area contributed by atoms with Crippen LogP contribution in [0.25, 0.3) is 21.9 Å². The Bertz CT molecular complexity index is 1020. The molecule has 2 heterocycles. The molecule has 0 amide bonds. The van der Waals surface area contributed by atoms with Crippen molar-refractivity contribution in [2.45, 2.75) is 13.5 Å². The predicted molar refractivity (Wildman–Crippen MR) is 89.4 cm³/mol. The van der Waals surface area contributed by atoms with Gasteiger partial charge in [0, 0.05) is 11.1 Å². The highest BCUT2D eigenvalue weighted by Gasteiger charge is 2.28. The van der Waals surface area contributed by atoms with Crippen LogP contribution in [-0.4, -0.2) is 12.8 Å². The van der Waals surface area contributed by atoms with Crippen LogP contribution in [0.15, 0.2) is 42.5 Å². The van der Waals surface area contributed by atoms with Gasteiger partial charge in [-0.05, 0) is 41.5 Å². The molecule has 0 fully saturated rings. The molecule has 24 heavy (non-hydrogen) atoms. The van der Waals surface area contributed by atoms with Gasteiger partial charge in [-0.25, -0.2) is 4.79 Å². The molecule has 0 atom stereocenters. The zero-order valence-electron chi connectivity index (χ0n) is 13.1. The molecule has 3 aromatic rings. The van der Waals surface area contributed by atoms with E-state index in [-0.39, 0.29) is 12.8 Å². The Labute approximate surface area is 138 Å². The molecule has 0 saturated carbocycles. The molecule has 0 unspecified atom stereocenters. The van der Waals surface area contributed by atoms with Crippen LogP contribution in [0.1, 0.15) is 21.5 Å². The van der Waals surface area contributed by atoms with E-state index >= 15 is 0 Å². The van der Waals surface area contributed by atoms with Crippen molar-refractivity contribution in [1.82, 2.24) is 0 Å². The lowest BCUT2D eigenvalue weighted by Crippen LogP contribution is -1.99. The fourth-order valence-electron chi connectivity index (χ4n) is 3.48. The van der Waals surface area contributed by atoms with Crippen LogP contribution >= 0.6 is 0 Å². The summed E-state index contributed by atoms with van der Waals surface area (Å²) in [7, 11) is 0. The van der Waals surface area contributed by atoms with Gasteiger partial charge in [-0.2, -0.15) is 0 Å². The second kappa shape index (κ2) is 4.74. The highest BCUT2D eigenvalue weighted by Crippen LogP contribution is 2.42. The number of carbonyl (C=O) groups excluding carboxylic acids is 1. The zero-order valence-corrected chi connectivity index (χ0v) is 13.1. The summed E-state index contributed by atoms with van der Waals surface area (Å²) in [5, 5.41) is 2.15. The summed E-state index contributed by atoms with van der Waals surface area (Å²) >= 11 is 0. The van der Waals surface area contributed by atoms with Gasteiger partial charge >= 0.3 is 5.97 Å². The average Bonchev–Trinajstić information content (AvgIpc) is 3.19. The monoisotopic (exact) mass is 318 g/mol. The van der Waals surface area contributed by atoms with E-state index in [0.29, 0.717) is 17.9 Å². The lowest BCUT2D eigenvalue weighted by molar-refractivity contribution is 0.0535. The van der Waals surface area contributed by atoms with Gasteiger partial charge in [0.25, 0.3) is 0 Å². The SMILES string of the molecule is Cc1ccc2cc3c(c(-c4ccc5c(c4)OCO5)c2c1)C(=O)OC3. The van der Waals surface area contributed by atoms with E-state index in [0.717, 1.165) is 38.8 Å². The first-order valence-corrected chi connectivity index (χ1v) is 7.84. The molecule has 0 bridgehead atoms. The van der Waals surface area contributed by atoms with E-state index in [1.807, 2.05) is 24.3 Å². The van der Waals surface area contributed by atoms with Crippen molar-refractivity contribution >= 4 is 16.7 Å². The Hall–Kier alpha value is -3.01. The van der Waals surface area contributed by atoms with Crippen molar-refractivity contribution in [3.8, 4) is 22.6 Å². The fraction of sp³-hybridized carbons (Fsp3) is 0.150. The number of esters is 1. The van der Waals surface area contributed by atoms with Crippen molar-refractivity contribution in [1.29, 1.82) is 0 Å². The third-order valence-corrected chi connectivity index (χ3v) is 4.60. The minimum absolute atomic E-state index is 0.230. The molecular weight excluding hydrogens is 304 g/mol. The van der Waals surface area contributed by atoms with Crippen LogP contribution in [0.5, 0.6) is 11.5 Å². The Balaban J connectivity index is 1.88. The summed E-state index contributed by atoms with van der Waals surface area (Å²) in [4.78, 5) is 12.3. The Morgan fingerprint density at radius 1 is 0.875 bits per heavy atom. The molecule has 4 heteroatoms. The quantitative estimate of drug-likeness (QED) is 0.630. The second-order valence-corrected chi connectivity index (χ2v) is 6.15. The van der Waals surface area contributed by atoms with E-state index in [9.17, 15) is 4.79 Å². The molecule has 118 valence electrons. The third kappa shape index (κ3) is 1.83. The molecule has 2 aliphatic rings. The second-order valence-electron chi connectivity index (χ2n) is 6.15. The molecule has 5 rings (SSSR count). The van der Waals surface area contributed by atoms with Crippen LogP contribution in [-0.2, 0) is 11.3 Å². The molecule has 0 spiro atoms. The summed E-state index contributed by atoms with van der Waals surface area (Å²) in [6.45, 7) is 2.61. The number of cyclic esters (lactones) is 1. The van der Waals surface area contributed by atoms with Gasteiger partial charge < -0.3 is 14.2 Å². The smallest absolute Gasteiger partial charge is 0.339 e. The molecule has 0 saturated heterocycles. The summed E-state index contributed by atoms with van der Waals surface area (Å²) < 4.78 is 16.2. The van der Waals surface area contributed by atoms with Crippen LogP contribution < -0.4 is 9.47 Å². The van der Waals surface area contributed by atoms with Crippen molar-refractivity contribution in [2.24, 2.45) is 0 Å². The maximum atomic E-state index is 12.3. The highest BCUT2D eigenvalue weighted by molar-refractivity contribution is 6.11. The molecule has 4 nitrogen and oxygen atoms in total. The van der Waals surface area contributed by atoms with Crippen LogP contribution in [0.3, 0.4) is 0 Å². The molecule has 3 aromatic carbocycles. The van der Waals surface area contributed by atoms with E-state index in [1.165, 1.54) is 0 Å². The number of hydrogen-bond donors (Lipinski definition) is 0. The first-order valence-electron chi connectivity index (χ1n) is 7.84. The van der Waals surface area contributed by atoms with Crippen molar-refractivity contribution in [3.63, 3.8) is 0 Å². The van der Waals surface area contributed by atoms with E-state index in [1.54, 1.807) is 0 Å². The standard InChI is InChI=1S/C20H14O4/c1-11-2-3-12-7-14-9-22-20(21)19(14)18(15(12)6-11)13-4-5-16-17(8-13)24-10-23-16/h2-8H,9-10H2,1H3. The zero-order chi connectivity index (χ0) is 16.3. The number of benzene rings is 3. The van der Waals surface area contributed by atoms with Crippen LogP contribution in [0.4, 0.5) is 0 Å². The lowest BCUT2D eigenvalue weighted by Gasteiger charge is -2.12. The molecular formula is C20H14O4. The van der Waals surface area contributed by atoms with Gasteiger partial charge in [0.05, 0.1) is 5.56 Å². The number of fused-ring (bicyclic) bond motifs is 3. The average molecular weight is 318 g/mol. The Morgan fingerprint density at radius 2 is 1.75 bits per heavy atom. The normalized spacial score (nSPS) is 14.8. The summed E-state index contributed by atoms with van der Waals surface area (Å²) in [6.07, 6.45) is 0. The minimum atomic E-state index is -0.263. The number of ether oxygens (including phenoxy) is 3. The van der Waals surface area contributed by atoms with Gasteiger partial charge in [0.1, 0.15) is 6.61 Å². The molecule has 0 aromatic heterocycles. The Morgan fingerprint density at radius 3 is 2.67 bits per heavy atom. The molecule has 0 aliphatic carbocycles. The molecule has 0 N–H and O–H groups in total. The van der Waals surface area contributed by atoms with Crippen molar-refractivity contribution in [2.75, 3.05) is 6.79 Å². The molecule has 2 aliphatic heterocycles. The van der Waals surface area contributed by atoms with E-state index in [2.05, 4.69) is 25.1 Å². The largest absolute Gasteiger partial charge is 0.457 e. The van der Waals surface area contributed by atoms with Gasteiger partial charge in [0.2, 0.25) is 6.79 Å². The number of carbonyl (C=O) groups is 1. The number of rotatable bonds is 1. The number of aryl methyl sites for hydroxylation is 1. The van der Waals surface area contributed by atoms with Gasteiger partial charge in [-0.1, -0.05) is 29.8 Å². The summed E-state index contributed by atoms with van der Waals surface area (Å²) in [5.74, 6) is 1.17. The topological polar surface area (TPSA) is 44.8 Å². The van der Waals surface area contributed by atoms with Crippen LogP contribution in [0.2, 0.25) is 0 Å². The Kier molecular flexibility index (Phi) is 2.65. The minimum Gasteiger partial charge on any atom is -0.457 e. The first-order chi connectivity index (χ1) is 11.7. The third-order valence-electron chi connectivity index (χ3n) is 4.60. The predicted octanol–water partition coefficient (Wildman–Crippen LogP) is 4.21. The summed E-state index contributed by atoms with van der Waals surface area (Å²) in [5.41, 5.74) is 4.59. The van der Waals surface area contributed by atoms with Gasteiger partial charge in [-0.3, -0.25) is 0 Å².